The summed E-state index contributed by atoms with van der Waals surface area (Å²) in [7, 11) is 0. The van der Waals surface area contributed by atoms with Crippen molar-refractivity contribution in [2.75, 3.05) is 0 Å². The number of aliphatic hydroxyl groups is 1. The third kappa shape index (κ3) is 1.50. The molecule has 12 heavy (non-hydrogen) atoms. The molecule has 1 N–H and O–H groups in total. The molecule has 1 aliphatic rings. The molecule has 0 atom stereocenters. The van der Waals surface area contributed by atoms with Gasteiger partial charge in [-0.25, -0.2) is 0 Å². The first kappa shape index (κ1) is 7.80. The lowest BCUT2D eigenvalue weighted by atomic mass is 10.0. The zero-order chi connectivity index (χ0) is 8.44. The molecule has 0 bridgehead atoms. The molecule has 2 rings (SSSR count). The lowest BCUT2D eigenvalue weighted by Crippen LogP contribution is -2.30. The highest BCUT2D eigenvalue weighted by Gasteiger charge is 2.31. The summed E-state index contributed by atoms with van der Waals surface area (Å²) in [5.41, 5.74) is -0.480. The third-order valence-electron chi connectivity index (χ3n) is 2.55. The van der Waals surface area contributed by atoms with E-state index in [1.165, 1.54) is 0 Å². The van der Waals surface area contributed by atoms with E-state index >= 15 is 0 Å². The highest BCUT2D eigenvalue weighted by Crippen LogP contribution is 2.30. The van der Waals surface area contributed by atoms with Crippen molar-refractivity contribution in [1.82, 2.24) is 9.78 Å². The summed E-state index contributed by atoms with van der Waals surface area (Å²) in [5.74, 6) is 0. The fourth-order valence-electron chi connectivity index (χ4n) is 1.89. The van der Waals surface area contributed by atoms with Crippen LogP contribution in [-0.4, -0.2) is 20.5 Å². The van der Waals surface area contributed by atoms with Gasteiger partial charge in [0.05, 0.1) is 12.1 Å². The average molecular weight is 166 g/mol. The highest BCUT2D eigenvalue weighted by molar-refractivity contribution is 4.87. The molecule has 3 heteroatoms. The molecule has 0 saturated heterocycles. The summed E-state index contributed by atoms with van der Waals surface area (Å²) in [6.07, 6.45) is 7.80. The predicted molar refractivity (Wildman–Crippen MR) is 45.6 cm³/mol. The van der Waals surface area contributed by atoms with E-state index in [-0.39, 0.29) is 0 Å². The van der Waals surface area contributed by atoms with Crippen LogP contribution in [0.1, 0.15) is 25.7 Å². The van der Waals surface area contributed by atoms with Crippen molar-refractivity contribution in [2.45, 2.75) is 37.8 Å². The number of aromatic nitrogens is 2. The van der Waals surface area contributed by atoms with E-state index in [4.69, 9.17) is 0 Å². The van der Waals surface area contributed by atoms with Crippen molar-refractivity contribution < 1.29 is 5.11 Å². The van der Waals surface area contributed by atoms with E-state index in [1.54, 1.807) is 6.20 Å². The molecule has 3 nitrogen and oxygen atoms in total. The molecule has 0 radical (unpaired) electrons. The van der Waals surface area contributed by atoms with E-state index in [2.05, 4.69) is 5.10 Å². The Labute approximate surface area is 72.0 Å². The normalized spacial score (nSPS) is 21.4. The third-order valence-corrected chi connectivity index (χ3v) is 2.55. The van der Waals surface area contributed by atoms with Gasteiger partial charge < -0.3 is 5.11 Å². The first-order chi connectivity index (χ1) is 5.79. The zero-order valence-corrected chi connectivity index (χ0v) is 7.11. The van der Waals surface area contributed by atoms with Crippen LogP contribution in [0.25, 0.3) is 0 Å². The van der Waals surface area contributed by atoms with Gasteiger partial charge in [-0.2, -0.15) is 5.10 Å². The Morgan fingerprint density at radius 1 is 1.42 bits per heavy atom. The molecule has 1 aromatic rings. The van der Waals surface area contributed by atoms with Crippen LogP contribution in [0.3, 0.4) is 0 Å². The minimum absolute atomic E-state index is 0.480. The van der Waals surface area contributed by atoms with Crippen LogP contribution in [0.15, 0.2) is 18.5 Å². The van der Waals surface area contributed by atoms with E-state index in [0.717, 1.165) is 25.7 Å². The number of rotatable bonds is 2. The minimum atomic E-state index is -0.480. The summed E-state index contributed by atoms with van der Waals surface area (Å²) in [4.78, 5) is 0. The zero-order valence-electron chi connectivity index (χ0n) is 7.11. The monoisotopic (exact) mass is 166 g/mol. The second-order valence-corrected chi connectivity index (χ2v) is 3.64. The van der Waals surface area contributed by atoms with E-state index in [9.17, 15) is 5.11 Å². The largest absolute Gasteiger partial charge is 0.388 e. The quantitative estimate of drug-likeness (QED) is 0.716. The van der Waals surface area contributed by atoms with Crippen LogP contribution in [-0.2, 0) is 6.54 Å². The van der Waals surface area contributed by atoms with Gasteiger partial charge in [0.1, 0.15) is 0 Å². The van der Waals surface area contributed by atoms with Crippen molar-refractivity contribution in [2.24, 2.45) is 0 Å². The Bertz CT molecular complexity index is 237. The molecular weight excluding hydrogens is 152 g/mol. The van der Waals surface area contributed by atoms with E-state index in [1.807, 2.05) is 16.9 Å². The lowest BCUT2D eigenvalue weighted by molar-refractivity contribution is 0.0265. The summed E-state index contributed by atoms with van der Waals surface area (Å²) in [6, 6.07) is 1.89. The molecule has 0 amide bonds. The molecular formula is C9H14N2O. The summed E-state index contributed by atoms with van der Waals surface area (Å²) in [6.45, 7) is 0.653. The number of hydrogen-bond acceptors (Lipinski definition) is 2. The first-order valence-electron chi connectivity index (χ1n) is 4.48. The van der Waals surface area contributed by atoms with Crippen molar-refractivity contribution in [3.05, 3.63) is 18.5 Å². The second-order valence-electron chi connectivity index (χ2n) is 3.64. The average Bonchev–Trinajstić information content (AvgIpc) is 2.62. The van der Waals surface area contributed by atoms with Gasteiger partial charge in [-0.05, 0) is 18.9 Å². The van der Waals surface area contributed by atoms with Gasteiger partial charge in [0.2, 0.25) is 0 Å². The highest BCUT2D eigenvalue weighted by atomic mass is 16.3. The Morgan fingerprint density at radius 3 is 2.75 bits per heavy atom. The molecule has 1 aliphatic carbocycles. The van der Waals surface area contributed by atoms with Gasteiger partial charge in [0.25, 0.3) is 0 Å². The van der Waals surface area contributed by atoms with Crippen LogP contribution in [0, 0.1) is 0 Å². The molecule has 1 heterocycles. The molecule has 0 aliphatic heterocycles. The molecule has 0 unspecified atom stereocenters. The van der Waals surface area contributed by atoms with Crippen molar-refractivity contribution >= 4 is 0 Å². The Kier molecular flexibility index (Phi) is 1.89. The maximum Gasteiger partial charge on any atom is 0.0842 e. The Morgan fingerprint density at radius 2 is 2.17 bits per heavy atom. The molecule has 1 fully saturated rings. The summed E-state index contributed by atoms with van der Waals surface area (Å²) >= 11 is 0. The Hall–Kier alpha value is -0.830. The molecule has 1 saturated carbocycles. The topological polar surface area (TPSA) is 38.0 Å². The fourth-order valence-corrected chi connectivity index (χ4v) is 1.89. The maximum absolute atomic E-state index is 10.0. The smallest absolute Gasteiger partial charge is 0.0842 e. The van der Waals surface area contributed by atoms with Gasteiger partial charge in [-0.15, -0.1) is 0 Å². The van der Waals surface area contributed by atoms with Crippen molar-refractivity contribution in [3.8, 4) is 0 Å². The van der Waals surface area contributed by atoms with E-state index in [0.29, 0.717) is 6.54 Å². The SMILES string of the molecule is OC1(Cn2cccn2)CCCC1. The standard InChI is InChI=1S/C9H14N2O/c12-9(4-1-2-5-9)8-11-7-3-6-10-11/h3,6-7,12H,1-2,4-5,8H2. The van der Waals surface area contributed by atoms with Gasteiger partial charge in [-0.1, -0.05) is 12.8 Å². The minimum Gasteiger partial charge on any atom is -0.388 e. The predicted octanol–water partition coefficient (Wildman–Crippen LogP) is 1.19. The van der Waals surface area contributed by atoms with Crippen LogP contribution in [0.2, 0.25) is 0 Å². The van der Waals surface area contributed by atoms with Crippen molar-refractivity contribution in [3.63, 3.8) is 0 Å². The summed E-state index contributed by atoms with van der Waals surface area (Å²) < 4.78 is 1.81. The molecule has 66 valence electrons. The van der Waals surface area contributed by atoms with E-state index < -0.39 is 5.60 Å². The van der Waals surface area contributed by atoms with Gasteiger partial charge in [0, 0.05) is 12.4 Å². The van der Waals surface area contributed by atoms with Crippen LogP contribution in [0.4, 0.5) is 0 Å². The maximum atomic E-state index is 10.0. The second kappa shape index (κ2) is 2.90. The van der Waals surface area contributed by atoms with Gasteiger partial charge >= 0.3 is 0 Å². The molecule has 0 aromatic carbocycles. The van der Waals surface area contributed by atoms with Crippen molar-refractivity contribution in [1.29, 1.82) is 0 Å². The number of hydrogen-bond donors (Lipinski definition) is 1. The Balaban J connectivity index is 2.02. The lowest BCUT2D eigenvalue weighted by Gasteiger charge is -2.21. The molecule has 0 spiro atoms. The summed E-state index contributed by atoms with van der Waals surface area (Å²) in [5, 5.41) is 14.1. The van der Waals surface area contributed by atoms with Crippen LogP contribution < -0.4 is 0 Å². The number of nitrogens with zero attached hydrogens (tertiary/aromatic N) is 2. The van der Waals surface area contributed by atoms with Gasteiger partial charge in [0.15, 0.2) is 0 Å². The van der Waals surface area contributed by atoms with Gasteiger partial charge in [-0.3, -0.25) is 4.68 Å². The van der Waals surface area contributed by atoms with Crippen LogP contribution >= 0.6 is 0 Å². The molecule has 1 aromatic heterocycles. The fraction of sp³-hybridized carbons (Fsp3) is 0.667. The first-order valence-corrected chi connectivity index (χ1v) is 4.48. The van der Waals surface area contributed by atoms with Crippen LogP contribution in [0.5, 0.6) is 0 Å².